The van der Waals surface area contributed by atoms with Crippen LogP contribution in [0.2, 0.25) is 0 Å². The number of nitrogens with zero attached hydrogens (tertiary/aromatic N) is 1. The molecule has 0 saturated heterocycles. The minimum Gasteiger partial charge on any atom is -0.491 e. The first-order valence-electron chi connectivity index (χ1n) is 9.58. The Bertz CT molecular complexity index is 979. The van der Waals surface area contributed by atoms with Crippen LogP contribution in [-0.4, -0.2) is 37.4 Å². The number of para-hydroxylation sites is 2. The topological polar surface area (TPSA) is 72.9 Å². The maximum atomic E-state index is 12.7. The van der Waals surface area contributed by atoms with Crippen LogP contribution in [0.25, 0.3) is 0 Å². The van der Waals surface area contributed by atoms with Crippen molar-refractivity contribution >= 4 is 23.3 Å². The van der Waals surface area contributed by atoms with Crippen molar-refractivity contribution in [2.45, 2.75) is 34.1 Å². The number of amides is 1. The van der Waals surface area contributed by atoms with Crippen molar-refractivity contribution in [1.29, 1.82) is 0 Å². The number of ketones is 1. The molecule has 0 radical (unpaired) electrons. The first kappa shape index (κ1) is 20.6. The summed E-state index contributed by atoms with van der Waals surface area (Å²) < 4.78 is 10.8. The number of anilines is 1. The van der Waals surface area contributed by atoms with E-state index in [0.717, 1.165) is 22.3 Å². The van der Waals surface area contributed by atoms with Crippen molar-refractivity contribution in [2.75, 3.05) is 24.7 Å². The number of ether oxygens (including phenoxy) is 2. The number of carbonyl (C=O) groups is 3. The summed E-state index contributed by atoms with van der Waals surface area (Å²) in [7, 11) is 0. The number of hydrogen-bond donors (Lipinski definition) is 0. The van der Waals surface area contributed by atoms with E-state index in [0.29, 0.717) is 17.0 Å². The maximum Gasteiger partial charge on any atom is 0.326 e. The van der Waals surface area contributed by atoms with Gasteiger partial charge in [0.15, 0.2) is 6.61 Å². The second-order valence-electron chi connectivity index (χ2n) is 7.27. The summed E-state index contributed by atoms with van der Waals surface area (Å²) in [5, 5.41) is 0. The van der Waals surface area contributed by atoms with Crippen LogP contribution >= 0.6 is 0 Å². The minimum atomic E-state index is -0.637. The molecule has 3 rings (SSSR count). The fourth-order valence-corrected chi connectivity index (χ4v) is 3.60. The second kappa shape index (κ2) is 8.47. The number of rotatable bonds is 5. The molecule has 1 amide bonds. The smallest absolute Gasteiger partial charge is 0.326 e. The second-order valence-corrected chi connectivity index (χ2v) is 7.27. The Labute approximate surface area is 170 Å². The number of aryl methyl sites for hydroxylation is 2. The highest BCUT2D eigenvalue weighted by atomic mass is 16.5. The van der Waals surface area contributed by atoms with Gasteiger partial charge in [0.05, 0.1) is 18.7 Å². The van der Waals surface area contributed by atoms with E-state index in [-0.39, 0.29) is 37.9 Å². The Kier molecular flexibility index (Phi) is 6.01. The van der Waals surface area contributed by atoms with Crippen LogP contribution in [0.5, 0.6) is 5.75 Å². The van der Waals surface area contributed by atoms with Crippen molar-refractivity contribution in [3.05, 3.63) is 58.1 Å². The summed E-state index contributed by atoms with van der Waals surface area (Å²) in [4.78, 5) is 38.8. The Morgan fingerprint density at radius 1 is 1.07 bits per heavy atom. The largest absolute Gasteiger partial charge is 0.491 e. The monoisotopic (exact) mass is 395 g/mol. The molecule has 6 nitrogen and oxygen atoms in total. The lowest BCUT2D eigenvalue weighted by Gasteiger charge is -2.21. The molecule has 29 heavy (non-hydrogen) atoms. The summed E-state index contributed by atoms with van der Waals surface area (Å²) in [6, 6.07) is 9.01. The van der Waals surface area contributed by atoms with Gasteiger partial charge < -0.3 is 9.47 Å². The third-order valence-corrected chi connectivity index (χ3v) is 5.32. The third kappa shape index (κ3) is 4.31. The summed E-state index contributed by atoms with van der Waals surface area (Å²) in [6.45, 7) is 7.38. The van der Waals surface area contributed by atoms with E-state index in [9.17, 15) is 14.4 Å². The maximum absolute atomic E-state index is 12.7. The van der Waals surface area contributed by atoms with Crippen LogP contribution in [0.3, 0.4) is 0 Å². The molecular weight excluding hydrogens is 370 g/mol. The average Bonchev–Trinajstić information content (AvgIpc) is 2.84. The summed E-state index contributed by atoms with van der Waals surface area (Å²) in [5.74, 6) is -0.562. The van der Waals surface area contributed by atoms with Gasteiger partial charge in [-0.3, -0.25) is 19.3 Å². The molecule has 0 spiro atoms. The van der Waals surface area contributed by atoms with E-state index < -0.39 is 5.97 Å². The standard InChI is InChI=1S/C23H25NO5/c1-14-11-15(2)23(17(4)16(14)3)19(25)13-29-22(27)12-24-18-7-5-6-8-20(18)28-10-9-21(24)26/h5-8,11H,9-10,12-13H2,1-4H3. The molecule has 152 valence electrons. The molecule has 0 N–H and O–H groups in total. The van der Waals surface area contributed by atoms with E-state index in [4.69, 9.17) is 9.47 Å². The molecular formula is C23H25NO5. The highest BCUT2D eigenvalue weighted by Crippen LogP contribution is 2.30. The van der Waals surface area contributed by atoms with Gasteiger partial charge in [-0.1, -0.05) is 18.2 Å². The van der Waals surface area contributed by atoms with E-state index in [1.165, 1.54) is 4.90 Å². The highest BCUT2D eigenvalue weighted by Gasteiger charge is 2.26. The van der Waals surface area contributed by atoms with Crippen molar-refractivity contribution < 1.29 is 23.9 Å². The van der Waals surface area contributed by atoms with Crippen molar-refractivity contribution in [2.24, 2.45) is 0 Å². The zero-order valence-electron chi connectivity index (χ0n) is 17.2. The average molecular weight is 395 g/mol. The van der Waals surface area contributed by atoms with Gasteiger partial charge in [-0.15, -0.1) is 0 Å². The molecule has 1 aliphatic rings. The number of Topliss-reactive ketones (excluding diaryl/α,β-unsaturated/α-hetero) is 1. The van der Waals surface area contributed by atoms with Gasteiger partial charge >= 0.3 is 5.97 Å². The fourth-order valence-electron chi connectivity index (χ4n) is 3.60. The molecule has 0 bridgehead atoms. The molecule has 0 unspecified atom stereocenters. The molecule has 2 aromatic carbocycles. The molecule has 2 aromatic rings. The van der Waals surface area contributed by atoms with E-state index >= 15 is 0 Å². The van der Waals surface area contributed by atoms with Crippen molar-refractivity contribution in [3.8, 4) is 5.75 Å². The van der Waals surface area contributed by atoms with E-state index in [1.807, 2.05) is 33.8 Å². The lowest BCUT2D eigenvalue weighted by molar-refractivity contribution is -0.141. The molecule has 0 atom stereocenters. The van der Waals surface area contributed by atoms with Crippen molar-refractivity contribution in [3.63, 3.8) is 0 Å². The predicted octanol–water partition coefficient (Wildman–Crippen LogP) is 3.46. The first-order valence-corrected chi connectivity index (χ1v) is 9.58. The van der Waals surface area contributed by atoms with Crippen LogP contribution in [0.1, 0.15) is 39.0 Å². The van der Waals surface area contributed by atoms with Crippen LogP contribution in [0.4, 0.5) is 5.69 Å². The predicted molar refractivity (Wildman–Crippen MR) is 110 cm³/mol. The van der Waals surface area contributed by atoms with Gasteiger partial charge in [-0.25, -0.2) is 0 Å². The SMILES string of the molecule is Cc1cc(C)c(C(=O)COC(=O)CN2C(=O)CCOc3ccccc32)c(C)c1C. The fraction of sp³-hybridized carbons (Fsp3) is 0.348. The van der Waals surface area contributed by atoms with Gasteiger partial charge in [-0.05, 0) is 62.1 Å². The Morgan fingerprint density at radius 3 is 2.55 bits per heavy atom. The number of hydrogen-bond acceptors (Lipinski definition) is 5. The Balaban J connectivity index is 1.70. The van der Waals surface area contributed by atoms with Crippen LogP contribution in [-0.2, 0) is 14.3 Å². The third-order valence-electron chi connectivity index (χ3n) is 5.32. The highest BCUT2D eigenvalue weighted by molar-refractivity contribution is 6.02. The lowest BCUT2D eigenvalue weighted by Crippen LogP contribution is -2.36. The van der Waals surface area contributed by atoms with Gasteiger partial charge in [-0.2, -0.15) is 0 Å². The zero-order valence-corrected chi connectivity index (χ0v) is 17.2. The molecule has 0 saturated carbocycles. The quantitative estimate of drug-likeness (QED) is 0.573. The molecule has 0 aliphatic carbocycles. The van der Waals surface area contributed by atoms with E-state index in [2.05, 4.69) is 0 Å². The number of benzene rings is 2. The molecule has 0 fully saturated rings. The number of carbonyl (C=O) groups excluding carboxylic acids is 3. The summed E-state index contributed by atoms with van der Waals surface area (Å²) in [6.07, 6.45) is 0.169. The van der Waals surface area contributed by atoms with E-state index in [1.54, 1.807) is 24.3 Å². The summed E-state index contributed by atoms with van der Waals surface area (Å²) in [5.41, 5.74) is 5.05. The minimum absolute atomic E-state index is 0.169. The zero-order chi connectivity index (χ0) is 21.1. The lowest BCUT2D eigenvalue weighted by atomic mass is 9.92. The molecule has 1 heterocycles. The summed E-state index contributed by atoms with van der Waals surface area (Å²) >= 11 is 0. The number of fused-ring (bicyclic) bond motifs is 1. The van der Waals surface area contributed by atoms with Crippen molar-refractivity contribution in [1.82, 2.24) is 0 Å². The first-order chi connectivity index (χ1) is 13.8. The van der Waals surface area contributed by atoms with Crippen LogP contribution in [0.15, 0.2) is 30.3 Å². The Morgan fingerprint density at radius 2 is 1.79 bits per heavy atom. The van der Waals surface area contributed by atoms with Crippen LogP contribution in [0, 0.1) is 27.7 Å². The molecule has 6 heteroatoms. The van der Waals surface area contributed by atoms with Gasteiger partial charge in [0.1, 0.15) is 12.3 Å². The van der Waals surface area contributed by atoms with Gasteiger partial charge in [0.2, 0.25) is 11.7 Å². The molecule has 0 aromatic heterocycles. The molecule has 1 aliphatic heterocycles. The van der Waals surface area contributed by atoms with Gasteiger partial charge in [0, 0.05) is 5.56 Å². The number of esters is 1. The van der Waals surface area contributed by atoms with Gasteiger partial charge in [0.25, 0.3) is 0 Å². The van der Waals surface area contributed by atoms with Crippen LogP contribution < -0.4 is 9.64 Å². The normalized spacial score (nSPS) is 13.4. The Hall–Kier alpha value is -3.15.